The highest BCUT2D eigenvalue weighted by Crippen LogP contribution is 2.33. The van der Waals surface area contributed by atoms with E-state index >= 15 is 0 Å². The van der Waals surface area contributed by atoms with Crippen LogP contribution >= 0.6 is 0 Å². The molecule has 3 aromatic rings. The summed E-state index contributed by atoms with van der Waals surface area (Å²) in [6, 6.07) is 4.61. The van der Waals surface area contributed by atoms with Gasteiger partial charge in [0.1, 0.15) is 11.4 Å². The first-order valence-electron chi connectivity index (χ1n) is 9.97. The molecule has 0 bridgehead atoms. The molecule has 0 aliphatic heterocycles. The molecule has 0 saturated heterocycles. The first-order chi connectivity index (χ1) is 14.7. The molecule has 0 unspecified atom stereocenters. The molecule has 1 atom stereocenters. The second-order valence-corrected chi connectivity index (χ2v) is 7.75. The number of hydrogen-bond acceptors (Lipinski definition) is 4. The van der Waals surface area contributed by atoms with E-state index in [-0.39, 0.29) is 48.5 Å². The number of benzene rings is 1. The number of amides is 1. The van der Waals surface area contributed by atoms with E-state index in [0.717, 1.165) is 6.07 Å². The Balaban J connectivity index is 1.51. The minimum absolute atomic E-state index is 0.141. The fraction of sp³-hybridized carbons (Fsp3) is 0.381. The monoisotopic (exact) mass is 435 g/mol. The van der Waals surface area contributed by atoms with Crippen LogP contribution < -0.4 is 10.6 Å². The zero-order chi connectivity index (χ0) is 22.2. The number of alkyl halides is 2. The first kappa shape index (κ1) is 21.1. The highest BCUT2D eigenvalue weighted by Gasteiger charge is 2.35. The highest BCUT2D eigenvalue weighted by atomic mass is 19.3. The standard InChI is InChI=1S/C21H21F4N5O/c1-12(14-3-2-4-16(22)18(14)23)27-17-7-10-30-19(29-17)15(11-26-30)20(31)28-13-5-8-21(24,25)9-6-13/h2-4,7,10-13H,5-6,8-9H2,1H3,(H,27,29)(H,28,31)/t12-/m1/s1. The van der Waals surface area contributed by atoms with Crippen LogP contribution in [0.4, 0.5) is 23.4 Å². The number of carbonyl (C=O) groups is 1. The third-order valence-electron chi connectivity index (χ3n) is 5.48. The molecule has 0 spiro atoms. The summed E-state index contributed by atoms with van der Waals surface area (Å²) in [6.07, 6.45) is 2.83. The van der Waals surface area contributed by atoms with Crippen molar-refractivity contribution in [2.24, 2.45) is 0 Å². The van der Waals surface area contributed by atoms with E-state index in [1.54, 1.807) is 19.2 Å². The molecule has 1 fully saturated rings. The minimum Gasteiger partial charge on any atom is -0.363 e. The number of rotatable bonds is 5. The Bertz CT molecular complexity index is 1110. The fourth-order valence-electron chi connectivity index (χ4n) is 3.71. The largest absolute Gasteiger partial charge is 0.363 e. The molecule has 10 heteroatoms. The van der Waals surface area contributed by atoms with Crippen LogP contribution in [0.5, 0.6) is 0 Å². The van der Waals surface area contributed by atoms with E-state index in [4.69, 9.17) is 0 Å². The Labute approximate surface area is 175 Å². The molecule has 2 N–H and O–H groups in total. The lowest BCUT2D eigenvalue weighted by Gasteiger charge is -2.28. The Morgan fingerprint density at radius 1 is 1.23 bits per heavy atom. The normalized spacial score (nSPS) is 17.5. The number of nitrogens with zero attached hydrogens (tertiary/aromatic N) is 3. The van der Waals surface area contributed by atoms with Gasteiger partial charge in [0, 0.05) is 30.6 Å². The quantitative estimate of drug-likeness (QED) is 0.580. The van der Waals surface area contributed by atoms with Gasteiger partial charge in [-0.2, -0.15) is 5.10 Å². The maximum atomic E-state index is 14.0. The number of hydrogen-bond donors (Lipinski definition) is 2. The van der Waals surface area contributed by atoms with Gasteiger partial charge < -0.3 is 10.6 Å². The molecule has 1 saturated carbocycles. The van der Waals surface area contributed by atoms with Crippen molar-refractivity contribution in [2.45, 2.75) is 50.6 Å². The number of nitrogens with one attached hydrogen (secondary N) is 2. The maximum absolute atomic E-state index is 14.0. The lowest BCUT2D eigenvalue weighted by molar-refractivity contribution is -0.0399. The predicted octanol–water partition coefficient (Wildman–Crippen LogP) is 4.49. The van der Waals surface area contributed by atoms with E-state index in [9.17, 15) is 22.4 Å². The van der Waals surface area contributed by atoms with Crippen LogP contribution in [0.15, 0.2) is 36.7 Å². The molecule has 2 heterocycles. The van der Waals surface area contributed by atoms with Gasteiger partial charge in [-0.1, -0.05) is 12.1 Å². The van der Waals surface area contributed by atoms with Gasteiger partial charge in [-0.25, -0.2) is 27.1 Å². The van der Waals surface area contributed by atoms with Crippen molar-refractivity contribution in [2.75, 3.05) is 5.32 Å². The van der Waals surface area contributed by atoms with Gasteiger partial charge >= 0.3 is 0 Å². The van der Waals surface area contributed by atoms with Gasteiger partial charge in [0.05, 0.1) is 12.2 Å². The van der Waals surface area contributed by atoms with E-state index in [1.165, 1.54) is 22.8 Å². The maximum Gasteiger partial charge on any atom is 0.256 e. The van der Waals surface area contributed by atoms with Gasteiger partial charge in [-0.05, 0) is 31.9 Å². The lowest BCUT2D eigenvalue weighted by atomic mass is 9.92. The topological polar surface area (TPSA) is 71.3 Å². The Kier molecular flexibility index (Phi) is 5.55. The van der Waals surface area contributed by atoms with Crippen molar-refractivity contribution >= 4 is 17.4 Å². The molecule has 1 aromatic carbocycles. The van der Waals surface area contributed by atoms with Crippen molar-refractivity contribution < 1.29 is 22.4 Å². The van der Waals surface area contributed by atoms with Crippen LogP contribution in [0.3, 0.4) is 0 Å². The molecule has 0 radical (unpaired) electrons. The first-order valence-corrected chi connectivity index (χ1v) is 9.97. The van der Waals surface area contributed by atoms with Crippen molar-refractivity contribution in [3.8, 4) is 0 Å². The number of aromatic nitrogens is 3. The molecule has 2 aromatic heterocycles. The molecule has 1 amide bonds. The zero-order valence-electron chi connectivity index (χ0n) is 16.7. The highest BCUT2D eigenvalue weighted by molar-refractivity contribution is 5.99. The van der Waals surface area contributed by atoms with Crippen LogP contribution in [0.2, 0.25) is 0 Å². The molecule has 164 valence electrons. The van der Waals surface area contributed by atoms with E-state index in [0.29, 0.717) is 5.82 Å². The van der Waals surface area contributed by atoms with Gasteiger partial charge in [0.25, 0.3) is 5.91 Å². The molecular formula is C21H21F4N5O. The van der Waals surface area contributed by atoms with Gasteiger partial charge in [0.2, 0.25) is 5.92 Å². The summed E-state index contributed by atoms with van der Waals surface area (Å²) in [7, 11) is 0. The van der Waals surface area contributed by atoms with Crippen molar-refractivity contribution in [3.05, 3.63) is 59.4 Å². The summed E-state index contributed by atoms with van der Waals surface area (Å²) in [5, 5.41) is 9.86. The van der Waals surface area contributed by atoms with Gasteiger partial charge in [-0.3, -0.25) is 4.79 Å². The molecule has 1 aliphatic rings. The SMILES string of the molecule is C[C@@H](Nc1ccn2ncc(C(=O)NC3CCC(F)(F)CC3)c2n1)c1cccc(F)c1F. The summed E-state index contributed by atoms with van der Waals surface area (Å²) in [5.41, 5.74) is 0.600. The summed E-state index contributed by atoms with van der Waals surface area (Å²) in [5.74, 6) is -4.66. The van der Waals surface area contributed by atoms with Crippen LogP contribution in [0.1, 0.15) is 54.6 Å². The number of fused-ring (bicyclic) bond motifs is 1. The predicted molar refractivity (Wildman–Crippen MR) is 106 cm³/mol. The summed E-state index contributed by atoms with van der Waals surface area (Å²) in [6.45, 7) is 1.66. The number of halogens is 4. The second kappa shape index (κ2) is 8.16. The van der Waals surface area contributed by atoms with Crippen LogP contribution in [0, 0.1) is 11.6 Å². The molecule has 4 rings (SSSR count). The summed E-state index contributed by atoms with van der Waals surface area (Å²) in [4.78, 5) is 17.1. The number of carbonyl (C=O) groups excluding carboxylic acids is 1. The van der Waals surface area contributed by atoms with Gasteiger partial charge in [-0.15, -0.1) is 0 Å². The van der Waals surface area contributed by atoms with Crippen LogP contribution in [-0.4, -0.2) is 32.5 Å². The number of anilines is 1. The molecule has 6 nitrogen and oxygen atoms in total. The fourth-order valence-corrected chi connectivity index (χ4v) is 3.71. The second-order valence-electron chi connectivity index (χ2n) is 7.75. The van der Waals surface area contributed by atoms with E-state index in [2.05, 4.69) is 20.7 Å². The average molecular weight is 435 g/mol. The van der Waals surface area contributed by atoms with Gasteiger partial charge in [0.15, 0.2) is 17.3 Å². The van der Waals surface area contributed by atoms with Crippen molar-refractivity contribution in [1.82, 2.24) is 19.9 Å². The average Bonchev–Trinajstić information content (AvgIpc) is 3.15. The Hall–Kier alpha value is -3.17. The Morgan fingerprint density at radius 2 is 1.97 bits per heavy atom. The summed E-state index contributed by atoms with van der Waals surface area (Å²) >= 11 is 0. The van der Waals surface area contributed by atoms with Crippen molar-refractivity contribution in [3.63, 3.8) is 0 Å². The zero-order valence-corrected chi connectivity index (χ0v) is 16.7. The van der Waals surface area contributed by atoms with Crippen molar-refractivity contribution in [1.29, 1.82) is 0 Å². The molecule has 1 aliphatic carbocycles. The van der Waals surface area contributed by atoms with E-state index < -0.39 is 29.5 Å². The third kappa shape index (κ3) is 4.47. The minimum atomic E-state index is -2.67. The van der Waals surface area contributed by atoms with Crippen LogP contribution in [0.25, 0.3) is 5.65 Å². The third-order valence-corrected chi connectivity index (χ3v) is 5.48. The summed E-state index contributed by atoms with van der Waals surface area (Å²) < 4.78 is 55.6. The smallest absolute Gasteiger partial charge is 0.256 e. The molecule has 31 heavy (non-hydrogen) atoms. The van der Waals surface area contributed by atoms with E-state index in [1.807, 2.05) is 0 Å². The lowest BCUT2D eigenvalue weighted by Crippen LogP contribution is -2.40. The molecular weight excluding hydrogens is 414 g/mol. The van der Waals surface area contributed by atoms with Crippen LogP contribution in [-0.2, 0) is 0 Å². The Morgan fingerprint density at radius 3 is 2.71 bits per heavy atom.